The second-order valence-electron chi connectivity index (χ2n) is 5.65. The van der Waals surface area contributed by atoms with E-state index in [0.29, 0.717) is 5.56 Å². The van der Waals surface area contributed by atoms with Crippen LogP contribution in [0.15, 0.2) is 57.5 Å². The lowest BCUT2D eigenvalue weighted by atomic mass is 10.0. The molecule has 2 aromatic rings. The molecule has 27 heavy (non-hydrogen) atoms. The van der Waals surface area contributed by atoms with Crippen LogP contribution in [-0.4, -0.2) is 31.4 Å². The van der Waals surface area contributed by atoms with E-state index in [4.69, 9.17) is 4.74 Å². The lowest BCUT2D eigenvalue weighted by molar-refractivity contribution is -0.141. The molecule has 2 aromatic carbocycles. The standard InChI is InChI=1S/C19H18Br2N2O4/c1-27-18(25)10-16(12-4-2-6-14(20)8-12)23-17(24)11-22-19(26)13-5-3-7-15(21)9-13/h2-9,16H,10-11H2,1H3,(H,22,26)(H,23,24). The number of benzene rings is 2. The van der Waals surface area contributed by atoms with Crippen LogP contribution >= 0.6 is 31.9 Å². The van der Waals surface area contributed by atoms with E-state index >= 15 is 0 Å². The summed E-state index contributed by atoms with van der Waals surface area (Å²) in [4.78, 5) is 36.1. The van der Waals surface area contributed by atoms with Crippen molar-refractivity contribution in [3.63, 3.8) is 0 Å². The van der Waals surface area contributed by atoms with Crippen molar-refractivity contribution < 1.29 is 19.1 Å². The van der Waals surface area contributed by atoms with Gasteiger partial charge in [-0.1, -0.05) is 50.1 Å². The Kier molecular flexibility index (Phi) is 7.99. The molecular weight excluding hydrogens is 480 g/mol. The van der Waals surface area contributed by atoms with E-state index in [0.717, 1.165) is 14.5 Å². The number of amides is 2. The molecule has 6 nitrogen and oxygen atoms in total. The number of methoxy groups -OCH3 is 1. The molecule has 2 amide bonds. The quantitative estimate of drug-likeness (QED) is 0.574. The highest BCUT2D eigenvalue weighted by atomic mass is 79.9. The van der Waals surface area contributed by atoms with E-state index in [-0.39, 0.29) is 18.9 Å². The Morgan fingerprint density at radius 3 is 2.33 bits per heavy atom. The number of carbonyl (C=O) groups is 3. The molecular formula is C19H18Br2N2O4. The smallest absolute Gasteiger partial charge is 0.307 e. The number of rotatable bonds is 7. The number of nitrogens with one attached hydrogen (secondary N) is 2. The van der Waals surface area contributed by atoms with Crippen LogP contribution in [0.25, 0.3) is 0 Å². The molecule has 0 aliphatic rings. The van der Waals surface area contributed by atoms with Crippen molar-refractivity contribution in [2.75, 3.05) is 13.7 Å². The van der Waals surface area contributed by atoms with Crippen molar-refractivity contribution >= 4 is 49.6 Å². The zero-order chi connectivity index (χ0) is 19.8. The van der Waals surface area contributed by atoms with Gasteiger partial charge in [-0.25, -0.2) is 0 Å². The Morgan fingerprint density at radius 1 is 1.04 bits per heavy atom. The maximum absolute atomic E-state index is 12.3. The molecule has 1 unspecified atom stereocenters. The van der Waals surface area contributed by atoms with Gasteiger partial charge in [-0.3, -0.25) is 14.4 Å². The van der Waals surface area contributed by atoms with E-state index in [1.165, 1.54) is 7.11 Å². The summed E-state index contributed by atoms with van der Waals surface area (Å²) >= 11 is 6.67. The lowest BCUT2D eigenvalue weighted by Gasteiger charge is -2.19. The lowest BCUT2D eigenvalue weighted by Crippen LogP contribution is -2.39. The maximum Gasteiger partial charge on any atom is 0.307 e. The van der Waals surface area contributed by atoms with Gasteiger partial charge in [0.25, 0.3) is 5.91 Å². The Hall–Kier alpha value is -2.19. The monoisotopic (exact) mass is 496 g/mol. The molecule has 0 aromatic heterocycles. The van der Waals surface area contributed by atoms with Crippen molar-refractivity contribution in [3.05, 3.63) is 68.6 Å². The van der Waals surface area contributed by atoms with E-state index < -0.39 is 17.9 Å². The minimum absolute atomic E-state index is 0.0156. The van der Waals surface area contributed by atoms with E-state index in [1.54, 1.807) is 30.3 Å². The fourth-order valence-corrected chi connectivity index (χ4v) is 3.18. The summed E-state index contributed by atoms with van der Waals surface area (Å²) in [7, 11) is 1.29. The first-order valence-corrected chi connectivity index (χ1v) is 9.63. The number of ether oxygens (including phenoxy) is 1. The zero-order valence-corrected chi connectivity index (χ0v) is 17.7. The maximum atomic E-state index is 12.3. The van der Waals surface area contributed by atoms with Crippen LogP contribution in [0.1, 0.15) is 28.4 Å². The molecule has 2 rings (SSSR count). The Balaban J connectivity index is 2.00. The van der Waals surface area contributed by atoms with Crippen molar-refractivity contribution in [2.45, 2.75) is 12.5 Å². The van der Waals surface area contributed by atoms with E-state index in [9.17, 15) is 14.4 Å². The van der Waals surface area contributed by atoms with Crippen LogP contribution < -0.4 is 10.6 Å². The summed E-state index contributed by atoms with van der Waals surface area (Å²) in [6, 6.07) is 13.6. The highest BCUT2D eigenvalue weighted by molar-refractivity contribution is 9.10. The van der Waals surface area contributed by atoms with Crippen LogP contribution in [-0.2, 0) is 14.3 Å². The predicted octanol–water partition coefficient (Wildman–Crippen LogP) is 3.36. The average Bonchev–Trinajstić information content (AvgIpc) is 2.65. The molecule has 2 N–H and O–H groups in total. The molecule has 0 saturated heterocycles. The topological polar surface area (TPSA) is 84.5 Å². The molecule has 0 aliphatic carbocycles. The summed E-state index contributed by atoms with van der Waals surface area (Å²) < 4.78 is 6.30. The van der Waals surface area contributed by atoms with Crippen molar-refractivity contribution in [3.8, 4) is 0 Å². The number of carbonyl (C=O) groups excluding carboxylic acids is 3. The van der Waals surface area contributed by atoms with Gasteiger partial charge in [-0.15, -0.1) is 0 Å². The number of esters is 1. The van der Waals surface area contributed by atoms with Crippen molar-refractivity contribution in [2.24, 2.45) is 0 Å². The Morgan fingerprint density at radius 2 is 1.70 bits per heavy atom. The first kappa shape index (κ1) is 21.1. The van der Waals surface area contributed by atoms with Gasteiger partial charge in [0.2, 0.25) is 5.91 Å². The predicted molar refractivity (Wildman–Crippen MR) is 108 cm³/mol. The summed E-state index contributed by atoms with van der Waals surface area (Å²) in [5.41, 5.74) is 1.19. The van der Waals surface area contributed by atoms with Crippen LogP contribution in [0, 0.1) is 0 Å². The first-order chi connectivity index (χ1) is 12.9. The van der Waals surface area contributed by atoms with Crippen LogP contribution in [0.3, 0.4) is 0 Å². The molecule has 0 spiro atoms. The van der Waals surface area contributed by atoms with Crippen molar-refractivity contribution in [1.82, 2.24) is 10.6 Å². The summed E-state index contributed by atoms with van der Waals surface area (Å²) in [6.45, 7) is -0.211. The van der Waals surface area contributed by atoms with E-state index in [1.807, 2.05) is 18.2 Å². The summed E-state index contributed by atoms with van der Waals surface area (Å²) in [5, 5.41) is 5.32. The van der Waals surface area contributed by atoms with Gasteiger partial charge in [-0.2, -0.15) is 0 Å². The number of hydrogen-bond donors (Lipinski definition) is 2. The van der Waals surface area contributed by atoms with Crippen LogP contribution in [0.4, 0.5) is 0 Å². The summed E-state index contributed by atoms with van der Waals surface area (Å²) in [6.07, 6.45) is -0.0156. The van der Waals surface area contributed by atoms with Gasteiger partial charge in [0, 0.05) is 14.5 Å². The number of halogens is 2. The van der Waals surface area contributed by atoms with Gasteiger partial charge in [0.05, 0.1) is 26.1 Å². The second-order valence-corrected chi connectivity index (χ2v) is 7.48. The highest BCUT2D eigenvalue weighted by Crippen LogP contribution is 2.21. The average molecular weight is 498 g/mol. The highest BCUT2D eigenvalue weighted by Gasteiger charge is 2.19. The van der Waals surface area contributed by atoms with E-state index in [2.05, 4.69) is 42.5 Å². The summed E-state index contributed by atoms with van der Waals surface area (Å²) in [5.74, 6) is -1.22. The molecule has 0 aliphatic heterocycles. The molecule has 0 bridgehead atoms. The molecule has 0 heterocycles. The molecule has 0 fully saturated rings. The fraction of sp³-hybridized carbons (Fsp3) is 0.211. The third-order valence-corrected chi connectivity index (χ3v) is 4.67. The first-order valence-electron chi connectivity index (χ1n) is 8.04. The Bertz CT molecular complexity index is 842. The van der Waals surface area contributed by atoms with Crippen molar-refractivity contribution in [1.29, 1.82) is 0 Å². The van der Waals surface area contributed by atoms with Gasteiger partial charge in [0.1, 0.15) is 0 Å². The molecule has 0 radical (unpaired) electrons. The molecule has 0 saturated carbocycles. The van der Waals surface area contributed by atoms with Crippen LogP contribution in [0.2, 0.25) is 0 Å². The minimum Gasteiger partial charge on any atom is -0.469 e. The van der Waals surface area contributed by atoms with Gasteiger partial charge >= 0.3 is 5.97 Å². The molecule has 8 heteroatoms. The van der Waals surface area contributed by atoms with Gasteiger partial charge < -0.3 is 15.4 Å². The van der Waals surface area contributed by atoms with Crippen LogP contribution in [0.5, 0.6) is 0 Å². The largest absolute Gasteiger partial charge is 0.469 e. The third kappa shape index (κ3) is 6.80. The molecule has 1 atom stereocenters. The minimum atomic E-state index is -0.565. The molecule has 142 valence electrons. The Labute approximate surface area is 173 Å². The SMILES string of the molecule is COC(=O)CC(NC(=O)CNC(=O)c1cccc(Br)c1)c1cccc(Br)c1. The second kappa shape index (κ2) is 10.2. The fourth-order valence-electron chi connectivity index (χ4n) is 2.36. The third-order valence-electron chi connectivity index (χ3n) is 3.68. The van der Waals surface area contributed by atoms with Gasteiger partial charge in [0.15, 0.2) is 0 Å². The zero-order valence-electron chi connectivity index (χ0n) is 14.5. The number of hydrogen-bond acceptors (Lipinski definition) is 4. The normalized spacial score (nSPS) is 11.4. The van der Waals surface area contributed by atoms with Gasteiger partial charge in [-0.05, 0) is 35.9 Å².